The maximum Gasteiger partial charge on any atom is 0.144 e. The van der Waals surface area contributed by atoms with Crippen molar-refractivity contribution in [1.29, 1.82) is 0 Å². The van der Waals surface area contributed by atoms with Crippen molar-refractivity contribution >= 4 is 45.1 Å². The van der Waals surface area contributed by atoms with Crippen LogP contribution in [0.2, 0.25) is 5.02 Å². The summed E-state index contributed by atoms with van der Waals surface area (Å²) in [7, 11) is 0. The minimum atomic E-state index is -0.438. The van der Waals surface area contributed by atoms with Crippen LogP contribution in [0.3, 0.4) is 0 Å². The van der Waals surface area contributed by atoms with Crippen molar-refractivity contribution in [3.05, 3.63) is 26.7 Å². The molecule has 2 aromatic rings. The quantitative estimate of drug-likeness (QED) is 0.744. The lowest BCUT2D eigenvalue weighted by molar-refractivity contribution is 0.630. The normalized spacial score (nSPS) is 10.9. The van der Waals surface area contributed by atoms with Crippen LogP contribution in [0.15, 0.2) is 12.1 Å². The van der Waals surface area contributed by atoms with Crippen LogP contribution < -0.4 is 0 Å². The number of rotatable bonds is 0. The molecule has 2 nitrogen and oxygen atoms in total. The van der Waals surface area contributed by atoms with Crippen LogP contribution in [-0.4, -0.2) is 10.2 Å². The van der Waals surface area contributed by atoms with E-state index in [0.717, 1.165) is 9.09 Å². The monoisotopic (exact) mass is 296 g/mol. The van der Waals surface area contributed by atoms with Gasteiger partial charge in [-0.1, -0.05) is 11.6 Å². The SMILES string of the molecule is Fc1cc2n[nH]c(I)c2cc1Cl. The fourth-order valence-electron chi connectivity index (χ4n) is 0.974. The maximum atomic E-state index is 12.9. The minimum Gasteiger partial charge on any atom is -0.271 e. The number of H-pyrrole nitrogens is 1. The van der Waals surface area contributed by atoms with Crippen LogP contribution in [0.25, 0.3) is 10.9 Å². The molecule has 12 heavy (non-hydrogen) atoms. The molecule has 1 heterocycles. The minimum absolute atomic E-state index is 0.127. The van der Waals surface area contributed by atoms with Gasteiger partial charge >= 0.3 is 0 Å². The third kappa shape index (κ3) is 1.19. The second-order valence-corrected chi connectivity index (χ2v) is 3.81. The standard InChI is InChI=1S/C7H3ClFIN2/c8-4-1-3-6(2-5(4)9)11-12-7(3)10/h1-2H,(H,11,12). The molecule has 0 spiro atoms. The molecule has 0 radical (unpaired) electrons. The van der Waals surface area contributed by atoms with Crippen molar-refractivity contribution in [1.82, 2.24) is 10.2 Å². The third-order valence-electron chi connectivity index (χ3n) is 1.55. The van der Waals surface area contributed by atoms with Gasteiger partial charge in [0.1, 0.15) is 9.52 Å². The smallest absolute Gasteiger partial charge is 0.144 e. The fraction of sp³-hybridized carbons (Fsp3) is 0. The number of aromatic amines is 1. The van der Waals surface area contributed by atoms with Gasteiger partial charge in [-0.3, -0.25) is 5.10 Å². The van der Waals surface area contributed by atoms with Gasteiger partial charge < -0.3 is 0 Å². The Labute approximate surface area is 86.2 Å². The number of fused-ring (bicyclic) bond motifs is 1. The molecular formula is C7H3ClFIN2. The van der Waals surface area contributed by atoms with Crippen molar-refractivity contribution in [3.63, 3.8) is 0 Å². The summed E-state index contributed by atoms with van der Waals surface area (Å²) in [6, 6.07) is 2.88. The Kier molecular flexibility index (Phi) is 1.96. The van der Waals surface area contributed by atoms with Gasteiger partial charge in [-0.25, -0.2) is 4.39 Å². The highest BCUT2D eigenvalue weighted by Crippen LogP contribution is 2.24. The zero-order chi connectivity index (χ0) is 8.72. The van der Waals surface area contributed by atoms with Crippen LogP contribution in [0.4, 0.5) is 4.39 Å². The summed E-state index contributed by atoms with van der Waals surface area (Å²) >= 11 is 7.68. The van der Waals surface area contributed by atoms with Gasteiger partial charge in [0, 0.05) is 11.5 Å². The average Bonchev–Trinajstić information content (AvgIpc) is 2.35. The Morgan fingerprint density at radius 1 is 1.50 bits per heavy atom. The molecule has 5 heteroatoms. The average molecular weight is 296 g/mol. The molecule has 0 saturated carbocycles. The summed E-state index contributed by atoms with van der Waals surface area (Å²) in [6.45, 7) is 0. The predicted molar refractivity (Wildman–Crippen MR) is 53.8 cm³/mol. The molecule has 0 aliphatic heterocycles. The van der Waals surface area contributed by atoms with Crippen molar-refractivity contribution in [3.8, 4) is 0 Å². The van der Waals surface area contributed by atoms with Crippen molar-refractivity contribution in [2.45, 2.75) is 0 Å². The Morgan fingerprint density at radius 2 is 2.25 bits per heavy atom. The van der Waals surface area contributed by atoms with E-state index >= 15 is 0 Å². The van der Waals surface area contributed by atoms with Crippen molar-refractivity contribution in [2.24, 2.45) is 0 Å². The Hall–Kier alpha value is -0.360. The van der Waals surface area contributed by atoms with Crippen LogP contribution in [-0.2, 0) is 0 Å². The first-order chi connectivity index (χ1) is 5.68. The molecule has 0 atom stereocenters. The number of nitrogens with zero attached hydrogens (tertiary/aromatic N) is 1. The summed E-state index contributed by atoms with van der Waals surface area (Å²) in [5, 5.41) is 7.61. The summed E-state index contributed by atoms with van der Waals surface area (Å²) in [5.74, 6) is -0.438. The van der Waals surface area contributed by atoms with Gasteiger partial charge in [0.25, 0.3) is 0 Å². The van der Waals surface area contributed by atoms with E-state index in [1.807, 2.05) is 0 Å². The molecule has 62 valence electrons. The molecule has 0 aliphatic carbocycles. The van der Waals surface area contributed by atoms with Gasteiger partial charge in [0.15, 0.2) is 0 Å². The van der Waals surface area contributed by atoms with E-state index in [0.29, 0.717) is 5.52 Å². The van der Waals surface area contributed by atoms with Gasteiger partial charge in [-0.15, -0.1) is 0 Å². The van der Waals surface area contributed by atoms with E-state index in [1.54, 1.807) is 6.07 Å². The Balaban J connectivity index is 2.87. The number of aromatic nitrogens is 2. The highest BCUT2D eigenvalue weighted by molar-refractivity contribution is 14.1. The zero-order valence-electron chi connectivity index (χ0n) is 5.74. The first kappa shape index (κ1) is 8.25. The van der Waals surface area contributed by atoms with Gasteiger partial charge in [-0.2, -0.15) is 5.10 Å². The van der Waals surface area contributed by atoms with Gasteiger partial charge in [-0.05, 0) is 28.7 Å². The molecule has 1 aromatic heterocycles. The van der Waals surface area contributed by atoms with Crippen LogP contribution in [0.1, 0.15) is 0 Å². The maximum absolute atomic E-state index is 12.9. The van der Waals surface area contributed by atoms with Gasteiger partial charge in [0.05, 0.1) is 10.5 Å². The lowest BCUT2D eigenvalue weighted by Gasteiger charge is -1.92. The lowest BCUT2D eigenvalue weighted by atomic mass is 10.2. The van der Waals surface area contributed by atoms with Crippen molar-refractivity contribution in [2.75, 3.05) is 0 Å². The van der Waals surface area contributed by atoms with Crippen molar-refractivity contribution < 1.29 is 4.39 Å². The number of benzene rings is 1. The molecular weight excluding hydrogens is 293 g/mol. The molecule has 1 N–H and O–H groups in total. The lowest BCUT2D eigenvalue weighted by Crippen LogP contribution is -1.76. The summed E-state index contributed by atoms with van der Waals surface area (Å²) in [4.78, 5) is 0. The molecule has 0 unspecified atom stereocenters. The number of hydrogen-bond acceptors (Lipinski definition) is 1. The molecule has 0 bridgehead atoms. The highest BCUT2D eigenvalue weighted by atomic mass is 127. The molecule has 0 aliphatic rings. The topological polar surface area (TPSA) is 28.7 Å². The molecule has 0 fully saturated rings. The Bertz CT molecular complexity index is 440. The van der Waals surface area contributed by atoms with E-state index in [1.165, 1.54) is 6.07 Å². The van der Waals surface area contributed by atoms with E-state index in [4.69, 9.17) is 11.6 Å². The largest absolute Gasteiger partial charge is 0.271 e. The van der Waals surface area contributed by atoms with E-state index in [-0.39, 0.29) is 5.02 Å². The van der Waals surface area contributed by atoms with Crippen LogP contribution in [0, 0.1) is 9.52 Å². The summed E-state index contributed by atoms with van der Waals surface area (Å²) in [5.41, 5.74) is 0.598. The van der Waals surface area contributed by atoms with Gasteiger partial charge in [0.2, 0.25) is 0 Å². The molecule has 2 rings (SSSR count). The molecule has 0 amide bonds. The number of hydrogen-bond donors (Lipinski definition) is 1. The zero-order valence-corrected chi connectivity index (χ0v) is 8.65. The second kappa shape index (κ2) is 2.85. The highest BCUT2D eigenvalue weighted by Gasteiger charge is 2.06. The Morgan fingerprint density at radius 3 is 3.00 bits per heavy atom. The third-order valence-corrected chi connectivity index (χ3v) is 2.66. The number of halogens is 3. The van der Waals surface area contributed by atoms with E-state index in [9.17, 15) is 4.39 Å². The van der Waals surface area contributed by atoms with E-state index < -0.39 is 5.82 Å². The molecule has 0 saturated heterocycles. The summed E-state index contributed by atoms with van der Waals surface area (Å²) in [6.07, 6.45) is 0. The van der Waals surface area contributed by atoms with Crippen LogP contribution >= 0.6 is 34.2 Å². The molecule has 1 aromatic carbocycles. The van der Waals surface area contributed by atoms with Crippen LogP contribution in [0.5, 0.6) is 0 Å². The second-order valence-electron chi connectivity index (χ2n) is 2.32. The first-order valence-electron chi connectivity index (χ1n) is 3.17. The first-order valence-corrected chi connectivity index (χ1v) is 4.63. The number of nitrogens with one attached hydrogen (secondary N) is 1. The summed E-state index contributed by atoms with van der Waals surface area (Å²) < 4.78 is 13.7. The van der Waals surface area contributed by atoms with E-state index in [2.05, 4.69) is 32.8 Å². The fourth-order valence-corrected chi connectivity index (χ4v) is 1.69. The predicted octanol–water partition coefficient (Wildman–Crippen LogP) is 2.96.